The molecule has 1 N–H and O–H groups in total. The molecule has 1 aromatic rings. The van der Waals surface area contributed by atoms with Crippen LogP contribution in [0.5, 0.6) is 0 Å². The molecule has 1 saturated heterocycles. The number of rotatable bonds is 4. The lowest BCUT2D eigenvalue weighted by molar-refractivity contribution is -0.181. The van der Waals surface area contributed by atoms with Crippen molar-refractivity contribution in [3.63, 3.8) is 0 Å². The van der Waals surface area contributed by atoms with Gasteiger partial charge in [-0.3, -0.25) is 4.90 Å². The number of thiazole rings is 1. The molecule has 5 nitrogen and oxygen atoms in total. The highest BCUT2D eigenvalue weighted by molar-refractivity contribution is 14.0. The number of alkyl halides is 3. The van der Waals surface area contributed by atoms with Crippen molar-refractivity contribution in [2.75, 3.05) is 32.7 Å². The molecule has 0 saturated carbocycles. The number of aliphatic imine (C=N–C) groups is 1. The van der Waals surface area contributed by atoms with Gasteiger partial charge in [-0.25, -0.2) is 9.98 Å². The van der Waals surface area contributed by atoms with Crippen LogP contribution >= 0.6 is 35.3 Å². The van der Waals surface area contributed by atoms with Crippen molar-refractivity contribution >= 4 is 41.3 Å². The van der Waals surface area contributed by atoms with Crippen LogP contribution in [-0.2, 0) is 6.54 Å². The normalized spacial score (nSPS) is 18.0. The van der Waals surface area contributed by atoms with E-state index in [4.69, 9.17) is 0 Å². The predicted molar refractivity (Wildman–Crippen MR) is 106 cm³/mol. The Morgan fingerprint density at radius 3 is 2.48 bits per heavy atom. The first kappa shape index (κ1) is 22.4. The van der Waals surface area contributed by atoms with E-state index in [2.05, 4.69) is 15.3 Å². The van der Waals surface area contributed by atoms with Crippen LogP contribution in [0.2, 0.25) is 0 Å². The van der Waals surface area contributed by atoms with E-state index in [1.165, 1.54) is 11.8 Å². The average molecular weight is 491 g/mol. The number of halogens is 4. The number of guanidine groups is 1. The van der Waals surface area contributed by atoms with E-state index in [9.17, 15) is 13.2 Å². The Bertz CT molecular complexity index is 556. The van der Waals surface area contributed by atoms with Gasteiger partial charge < -0.3 is 10.2 Å². The molecule has 0 radical (unpaired) electrons. The van der Waals surface area contributed by atoms with Gasteiger partial charge in [-0.2, -0.15) is 13.2 Å². The molecule has 1 aromatic heterocycles. The second-order valence-corrected chi connectivity index (χ2v) is 6.71. The van der Waals surface area contributed by atoms with Crippen LogP contribution in [0.3, 0.4) is 0 Å². The van der Waals surface area contributed by atoms with E-state index < -0.39 is 12.2 Å². The van der Waals surface area contributed by atoms with Crippen molar-refractivity contribution in [2.45, 2.75) is 39.5 Å². The quantitative estimate of drug-likeness (QED) is 0.400. The van der Waals surface area contributed by atoms with Gasteiger partial charge in [0.2, 0.25) is 0 Å². The van der Waals surface area contributed by atoms with Crippen molar-refractivity contribution in [2.24, 2.45) is 4.99 Å². The van der Waals surface area contributed by atoms with Crippen LogP contribution in [-0.4, -0.2) is 65.7 Å². The van der Waals surface area contributed by atoms with Gasteiger partial charge in [-0.05, 0) is 20.8 Å². The minimum atomic E-state index is -4.18. The minimum Gasteiger partial charge on any atom is -0.357 e. The minimum absolute atomic E-state index is 0. The Balaban J connectivity index is 0.00000312. The SMILES string of the molecule is CCNC(=NCc1scnc1C)N1CCN(C(C)C(F)(F)F)CC1.I. The maximum absolute atomic E-state index is 12.8. The molecular weight excluding hydrogens is 466 g/mol. The smallest absolute Gasteiger partial charge is 0.357 e. The number of hydrogen-bond acceptors (Lipinski definition) is 4. The molecular formula is C15H25F3IN5S. The topological polar surface area (TPSA) is 43.8 Å². The maximum Gasteiger partial charge on any atom is 0.403 e. The van der Waals surface area contributed by atoms with E-state index in [0.29, 0.717) is 32.7 Å². The Hall–Kier alpha value is -0.620. The molecule has 1 aliphatic heterocycles. The van der Waals surface area contributed by atoms with Gasteiger partial charge in [0.15, 0.2) is 5.96 Å². The monoisotopic (exact) mass is 491 g/mol. The van der Waals surface area contributed by atoms with Gasteiger partial charge in [0.1, 0.15) is 6.04 Å². The molecule has 0 aromatic carbocycles. The van der Waals surface area contributed by atoms with E-state index >= 15 is 0 Å². The summed E-state index contributed by atoms with van der Waals surface area (Å²) in [5.74, 6) is 0.754. The average Bonchev–Trinajstić information content (AvgIpc) is 2.95. The zero-order chi connectivity index (χ0) is 17.7. The van der Waals surface area contributed by atoms with Crippen LogP contribution in [0, 0.1) is 6.92 Å². The van der Waals surface area contributed by atoms with E-state index in [1.54, 1.807) is 16.8 Å². The molecule has 10 heteroatoms. The summed E-state index contributed by atoms with van der Waals surface area (Å²) in [6.07, 6.45) is -4.18. The molecule has 1 atom stereocenters. The van der Waals surface area contributed by atoms with E-state index in [-0.39, 0.29) is 24.0 Å². The molecule has 1 aliphatic rings. The number of nitrogens with one attached hydrogen (secondary N) is 1. The number of hydrogen-bond donors (Lipinski definition) is 1. The summed E-state index contributed by atoms with van der Waals surface area (Å²) in [6.45, 7) is 8.25. The first-order valence-corrected chi connectivity index (χ1v) is 8.94. The van der Waals surface area contributed by atoms with Gasteiger partial charge in [-0.15, -0.1) is 35.3 Å². The van der Waals surface area contributed by atoms with Crippen molar-refractivity contribution in [1.29, 1.82) is 0 Å². The summed E-state index contributed by atoms with van der Waals surface area (Å²) in [5, 5.41) is 3.23. The summed E-state index contributed by atoms with van der Waals surface area (Å²) in [6, 6.07) is -1.40. The molecule has 1 unspecified atom stereocenters. The zero-order valence-electron chi connectivity index (χ0n) is 14.6. The zero-order valence-corrected chi connectivity index (χ0v) is 17.8. The van der Waals surface area contributed by atoms with Crippen molar-refractivity contribution < 1.29 is 13.2 Å². The van der Waals surface area contributed by atoms with Crippen LogP contribution in [0.15, 0.2) is 10.5 Å². The summed E-state index contributed by atoms with van der Waals surface area (Å²) in [5.41, 5.74) is 2.77. The van der Waals surface area contributed by atoms with Gasteiger partial charge >= 0.3 is 6.18 Å². The lowest BCUT2D eigenvalue weighted by Gasteiger charge is -2.39. The highest BCUT2D eigenvalue weighted by Crippen LogP contribution is 2.25. The van der Waals surface area contributed by atoms with Gasteiger partial charge in [0, 0.05) is 37.6 Å². The summed E-state index contributed by atoms with van der Waals surface area (Å²) < 4.78 is 38.5. The molecule has 0 bridgehead atoms. The third kappa shape index (κ3) is 6.24. The summed E-state index contributed by atoms with van der Waals surface area (Å²) in [7, 11) is 0. The Kier molecular flexibility index (Phi) is 8.89. The number of aryl methyl sites for hydroxylation is 1. The first-order valence-electron chi connectivity index (χ1n) is 8.06. The third-order valence-corrected chi connectivity index (χ3v) is 5.11. The molecule has 1 fully saturated rings. The van der Waals surface area contributed by atoms with Crippen molar-refractivity contribution in [3.05, 3.63) is 16.1 Å². The maximum atomic E-state index is 12.8. The number of aromatic nitrogens is 1. The Morgan fingerprint density at radius 1 is 1.36 bits per heavy atom. The lowest BCUT2D eigenvalue weighted by atomic mass is 10.2. The van der Waals surface area contributed by atoms with Crippen LogP contribution in [0.4, 0.5) is 13.2 Å². The molecule has 0 amide bonds. The highest BCUT2D eigenvalue weighted by atomic mass is 127. The first-order chi connectivity index (χ1) is 11.3. The largest absolute Gasteiger partial charge is 0.403 e. The second-order valence-electron chi connectivity index (χ2n) is 5.77. The molecule has 2 heterocycles. The lowest BCUT2D eigenvalue weighted by Crippen LogP contribution is -2.56. The number of nitrogens with zero attached hydrogens (tertiary/aromatic N) is 4. The fourth-order valence-electron chi connectivity index (χ4n) is 2.58. The van der Waals surface area contributed by atoms with E-state index in [0.717, 1.165) is 23.1 Å². The van der Waals surface area contributed by atoms with E-state index in [1.807, 2.05) is 18.7 Å². The summed E-state index contributed by atoms with van der Waals surface area (Å²) >= 11 is 1.57. The fourth-order valence-corrected chi connectivity index (χ4v) is 3.28. The van der Waals surface area contributed by atoms with Gasteiger partial charge in [-0.1, -0.05) is 0 Å². The van der Waals surface area contributed by atoms with Crippen LogP contribution < -0.4 is 5.32 Å². The second kappa shape index (κ2) is 9.91. The number of piperazine rings is 1. The standard InChI is InChI=1S/C15H24F3N5S.HI/c1-4-19-14(20-9-13-11(2)21-10-24-13)23-7-5-22(6-8-23)12(3)15(16,17)18;/h10,12H,4-9H2,1-3H3,(H,19,20);1H. The Morgan fingerprint density at radius 2 is 2.00 bits per heavy atom. The molecule has 0 spiro atoms. The molecule has 25 heavy (non-hydrogen) atoms. The fraction of sp³-hybridized carbons (Fsp3) is 0.733. The van der Waals surface area contributed by atoms with Gasteiger partial charge in [0.05, 0.1) is 17.7 Å². The molecule has 0 aliphatic carbocycles. The van der Waals surface area contributed by atoms with Crippen molar-refractivity contribution in [1.82, 2.24) is 20.1 Å². The van der Waals surface area contributed by atoms with Gasteiger partial charge in [0.25, 0.3) is 0 Å². The van der Waals surface area contributed by atoms with Crippen LogP contribution in [0.25, 0.3) is 0 Å². The van der Waals surface area contributed by atoms with Crippen molar-refractivity contribution in [3.8, 4) is 0 Å². The predicted octanol–water partition coefficient (Wildman–Crippen LogP) is 3.10. The Labute approximate surface area is 167 Å². The third-order valence-electron chi connectivity index (χ3n) is 4.19. The molecule has 144 valence electrons. The summed E-state index contributed by atoms with van der Waals surface area (Å²) in [4.78, 5) is 13.4. The molecule has 2 rings (SSSR count). The highest BCUT2D eigenvalue weighted by Gasteiger charge is 2.41. The van der Waals surface area contributed by atoms with Crippen LogP contribution in [0.1, 0.15) is 24.4 Å².